The molecule has 1 saturated carbocycles. The van der Waals surface area contributed by atoms with Crippen molar-refractivity contribution in [1.82, 2.24) is 20.2 Å². The Morgan fingerprint density at radius 3 is 2.18 bits per heavy atom. The van der Waals surface area contributed by atoms with Crippen LogP contribution < -0.4 is 10.2 Å². The topological polar surface area (TPSA) is 108 Å². The number of carbonyl (C=O) groups excluding carboxylic acids is 2. The van der Waals surface area contributed by atoms with Crippen molar-refractivity contribution < 1.29 is 19.4 Å². The van der Waals surface area contributed by atoms with Gasteiger partial charge in [0, 0.05) is 44.6 Å². The van der Waals surface area contributed by atoms with Crippen LogP contribution >= 0.6 is 0 Å². The highest BCUT2D eigenvalue weighted by Gasteiger charge is 2.53. The van der Waals surface area contributed by atoms with Gasteiger partial charge in [0.2, 0.25) is 11.9 Å². The van der Waals surface area contributed by atoms with E-state index in [4.69, 9.17) is 4.74 Å². The molecule has 1 aromatic heterocycles. The second-order valence-corrected chi connectivity index (χ2v) is 11.4. The van der Waals surface area contributed by atoms with Crippen LogP contribution in [0.3, 0.4) is 0 Å². The maximum atomic E-state index is 12.7. The van der Waals surface area contributed by atoms with Crippen molar-refractivity contribution in [3.63, 3.8) is 0 Å². The largest absolute Gasteiger partial charge is 0.393 e. The van der Waals surface area contributed by atoms with Crippen LogP contribution in [-0.2, 0) is 9.53 Å². The van der Waals surface area contributed by atoms with E-state index >= 15 is 0 Å². The lowest BCUT2D eigenvalue weighted by atomic mass is 9.52. The first-order chi connectivity index (χ1) is 16.0. The smallest absolute Gasteiger partial charge is 0.254 e. The van der Waals surface area contributed by atoms with Gasteiger partial charge in [0.25, 0.3) is 5.91 Å². The number of hydrogen-bond acceptors (Lipinski definition) is 7. The summed E-state index contributed by atoms with van der Waals surface area (Å²) in [6.07, 6.45) is 6.91. The molecule has 3 fully saturated rings. The summed E-state index contributed by atoms with van der Waals surface area (Å²) in [4.78, 5) is 37.8. The van der Waals surface area contributed by atoms with Crippen molar-refractivity contribution in [3.05, 3.63) is 18.0 Å². The summed E-state index contributed by atoms with van der Waals surface area (Å²) in [5.74, 6) is 0.486. The van der Waals surface area contributed by atoms with Gasteiger partial charge in [0.1, 0.15) is 6.61 Å². The molecule has 3 aliphatic rings. The van der Waals surface area contributed by atoms with Gasteiger partial charge in [-0.1, -0.05) is 27.7 Å². The third-order valence-electron chi connectivity index (χ3n) is 7.63. The molecule has 4 rings (SSSR count). The Labute approximate surface area is 202 Å². The van der Waals surface area contributed by atoms with Gasteiger partial charge in [-0.25, -0.2) is 9.97 Å². The molecule has 34 heavy (non-hydrogen) atoms. The zero-order valence-electron chi connectivity index (χ0n) is 20.9. The SMILES string of the molecule is CC1(C)CC(C)(C)C1NC(=O)c1cnc(N2CCC(OCC(=O)N3CCC(O)CC3)CC2)nc1. The predicted octanol–water partition coefficient (Wildman–Crippen LogP) is 2.00. The number of anilines is 1. The molecule has 0 unspecified atom stereocenters. The predicted molar refractivity (Wildman–Crippen MR) is 128 cm³/mol. The maximum absolute atomic E-state index is 12.7. The van der Waals surface area contributed by atoms with Gasteiger partial charge >= 0.3 is 0 Å². The van der Waals surface area contributed by atoms with Crippen LogP contribution in [0.1, 0.15) is 70.2 Å². The number of hydrogen-bond donors (Lipinski definition) is 2. The third-order valence-corrected chi connectivity index (χ3v) is 7.63. The second-order valence-electron chi connectivity index (χ2n) is 11.4. The van der Waals surface area contributed by atoms with Crippen molar-refractivity contribution in [1.29, 1.82) is 0 Å². The van der Waals surface area contributed by atoms with Crippen molar-refractivity contribution in [3.8, 4) is 0 Å². The van der Waals surface area contributed by atoms with Crippen LogP contribution in [0.5, 0.6) is 0 Å². The summed E-state index contributed by atoms with van der Waals surface area (Å²) < 4.78 is 5.87. The normalized spacial score (nSPS) is 23.4. The molecule has 2 N–H and O–H groups in total. The number of aliphatic hydroxyl groups excluding tert-OH is 1. The van der Waals surface area contributed by atoms with Crippen molar-refractivity contribution in [2.24, 2.45) is 10.8 Å². The highest BCUT2D eigenvalue weighted by Crippen LogP contribution is 2.53. The lowest BCUT2D eigenvalue weighted by molar-refractivity contribution is -0.140. The molecule has 2 saturated heterocycles. The fourth-order valence-electron chi connectivity index (χ4n) is 6.13. The third kappa shape index (κ3) is 5.51. The fourth-order valence-corrected chi connectivity index (χ4v) is 6.13. The molecule has 1 aliphatic carbocycles. The minimum absolute atomic E-state index is 0.000189. The molecule has 188 valence electrons. The lowest BCUT2D eigenvalue weighted by Crippen LogP contribution is -2.63. The Morgan fingerprint density at radius 2 is 1.62 bits per heavy atom. The summed E-state index contributed by atoms with van der Waals surface area (Å²) in [6.45, 7) is 11.5. The summed E-state index contributed by atoms with van der Waals surface area (Å²) in [5.41, 5.74) is 0.657. The van der Waals surface area contributed by atoms with E-state index in [9.17, 15) is 14.7 Å². The summed E-state index contributed by atoms with van der Waals surface area (Å²) >= 11 is 0. The summed E-state index contributed by atoms with van der Waals surface area (Å²) in [7, 11) is 0. The van der Waals surface area contributed by atoms with Gasteiger partial charge in [0.15, 0.2) is 0 Å². The van der Waals surface area contributed by atoms with Crippen molar-refractivity contribution in [2.45, 2.75) is 78.0 Å². The molecule has 0 atom stereocenters. The first-order valence-corrected chi connectivity index (χ1v) is 12.5. The number of aromatic nitrogens is 2. The zero-order valence-corrected chi connectivity index (χ0v) is 20.9. The molecule has 3 heterocycles. The van der Waals surface area contributed by atoms with Crippen LogP contribution in [0.4, 0.5) is 5.95 Å². The Balaban J connectivity index is 1.22. The first kappa shape index (κ1) is 24.9. The van der Waals surface area contributed by atoms with E-state index < -0.39 is 0 Å². The number of rotatable bonds is 6. The molecular weight excluding hydrogens is 434 g/mol. The van der Waals surface area contributed by atoms with E-state index in [0.717, 1.165) is 32.4 Å². The van der Waals surface area contributed by atoms with Crippen molar-refractivity contribution >= 4 is 17.8 Å². The molecule has 9 heteroatoms. The van der Waals surface area contributed by atoms with E-state index in [1.165, 1.54) is 0 Å². The minimum Gasteiger partial charge on any atom is -0.393 e. The molecule has 1 aromatic rings. The number of amides is 2. The number of ether oxygens (including phenoxy) is 1. The van der Waals surface area contributed by atoms with Crippen LogP contribution in [-0.4, -0.2) is 82.8 Å². The number of aliphatic hydroxyl groups is 1. The van der Waals surface area contributed by atoms with Crippen LogP contribution in [0.2, 0.25) is 0 Å². The van der Waals surface area contributed by atoms with Crippen LogP contribution in [0, 0.1) is 10.8 Å². The Bertz CT molecular complexity index is 858. The first-order valence-electron chi connectivity index (χ1n) is 12.5. The molecule has 0 radical (unpaired) electrons. The van der Waals surface area contributed by atoms with Gasteiger partial charge in [-0.3, -0.25) is 9.59 Å². The van der Waals surface area contributed by atoms with Crippen LogP contribution in [0.15, 0.2) is 12.4 Å². The average Bonchev–Trinajstić information content (AvgIpc) is 2.81. The van der Waals surface area contributed by atoms with E-state index in [2.05, 4.69) is 47.9 Å². The fraction of sp³-hybridized carbons (Fsp3) is 0.760. The molecular formula is C25H39N5O4. The molecule has 2 amide bonds. The molecule has 0 bridgehead atoms. The Morgan fingerprint density at radius 1 is 1.03 bits per heavy atom. The minimum atomic E-state index is -0.290. The maximum Gasteiger partial charge on any atom is 0.254 e. The van der Waals surface area contributed by atoms with Gasteiger partial charge in [0.05, 0.1) is 17.8 Å². The standard InChI is InChI=1S/C25H39N5O4/c1-24(2)16-25(3,4)22(24)28-21(33)17-13-26-23(27-14-17)30-11-7-19(8-12-30)34-15-20(32)29-9-5-18(31)6-10-29/h13-14,18-19,22,31H,5-12,15-16H2,1-4H3,(H,28,33). The number of nitrogens with one attached hydrogen (secondary N) is 1. The number of likely N-dealkylation sites (tertiary alicyclic amines) is 1. The van der Waals surface area contributed by atoms with E-state index in [1.54, 1.807) is 17.3 Å². The highest BCUT2D eigenvalue weighted by molar-refractivity contribution is 5.94. The van der Waals surface area contributed by atoms with Crippen molar-refractivity contribution in [2.75, 3.05) is 37.7 Å². The van der Waals surface area contributed by atoms with E-state index in [1.807, 2.05) is 0 Å². The van der Waals surface area contributed by atoms with E-state index in [-0.39, 0.29) is 47.5 Å². The molecule has 0 aromatic carbocycles. The lowest BCUT2D eigenvalue weighted by Gasteiger charge is -2.57. The number of carbonyl (C=O) groups is 2. The highest BCUT2D eigenvalue weighted by atomic mass is 16.5. The average molecular weight is 474 g/mol. The summed E-state index contributed by atoms with van der Waals surface area (Å²) in [5, 5.41) is 12.8. The second kappa shape index (κ2) is 9.77. The Kier molecular flexibility index (Phi) is 7.14. The number of nitrogens with zero attached hydrogens (tertiary/aromatic N) is 4. The summed E-state index contributed by atoms with van der Waals surface area (Å²) in [6, 6.07) is 0.125. The van der Waals surface area contributed by atoms with Gasteiger partial charge in [-0.2, -0.15) is 0 Å². The molecule has 9 nitrogen and oxygen atoms in total. The van der Waals surface area contributed by atoms with Crippen LogP contribution in [0.25, 0.3) is 0 Å². The monoisotopic (exact) mass is 473 g/mol. The van der Waals surface area contributed by atoms with E-state index in [0.29, 0.717) is 37.4 Å². The molecule has 2 aliphatic heterocycles. The Hall–Kier alpha value is -2.26. The number of piperidine rings is 2. The van der Waals surface area contributed by atoms with Gasteiger partial charge in [-0.05, 0) is 42.9 Å². The zero-order chi connectivity index (χ0) is 24.5. The van der Waals surface area contributed by atoms with Gasteiger partial charge in [-0.15, -0.1) is 0 Å². The van der Waals surface area contributed by atoms with Gasteiger partial charge < -0.3 is 25.0 Å². The molecule has 0 spiro atoms. The quantitative estimate of drug-likeness (QED) is 0.651.